The van der Waals surface area contributed by atoms with Gasteiger partial charge in [0.2, 0.25) is 0 Å². The van der Waals surface area contributed by atoms with E-state index in [0.29, 0.717) is 11.5 Å². The smallest absolute Gasteiger partial charge is 0.326 e. The fourth-order valence-corrected chi connectivity index (χ4v) is 2.72. The fourth-order valence-electron chi connectivity index (χ4n) is 2.61. The van der Waals surface area contributed by atoms with E-state index in [0.717, 1.165) is 4.90 Å². The van der Waals surface area contributed by atoms with Crippen LogP contribution >= 0.6 is 11.6 Å². The number of likely N-dealkylation sites (N-methyl/N-ethyl adjacent to an activating group) is 1. The second kappa shape index (κ2) is 8.23. The molecule has 11 heteroatoms. The van der Waals surface area contributed by atoms with Gasteiger partial charge in [0.25, 0.3) is 17.7 Å². The van der Waals surface area contributed by atoms with Crippen molar-refractivity contribution in [3.8, 4) is 0 Å². The lowest BCUT2D eigenvalue weighted by atomic mass is 10.1. The Labute approximate surface area is 170 Å². The lowest BCUT2D eigenvalue weighted by Gasteiger charge is -2.16. The minimum atomic E-state index is -0.643. The lowest BCUT2D eigenvalue weighted by molar-refractivity contribution is -0.145. The number of carbonyl (C=O) groups is 4. The van der Waals surface area contributed by atoms with Crippen molar-refractivity contribution >= 4 is 46.8 Å². The van der Waals surface area contributed by atoms with Gasteiger partial charge in [0.1, 0.15) is 6.54 Å². The predicted molar refractivity (Wildman–Crippen MR) is 103 cm³/mol. The average molecular weight is 418 g/mol. The Bertz CT molecular complexity index is 995. The first-order chi connectivity index (χ1) is 13.8. The van der Waals surface area contributed by atoms with Crippen LogP contribution in [-0.2, 0) is 14.3 Å². The number of halogens is 1. The number of carbonyl (C=O) groups excluding carboxylic acids is 4. The SMILES string of the molecule is CN1C(=O)c2ccc(NC(=O)COC(=O)CN(C)c3ccc(Cl)nn3)cc2C1=O. The number of rotatable bonds is 6. The highest BCUT2D eigenvalue weighted by molar-refractivity contribution is 6.29. The molecule has 3 rings (SSSR count). The van der Waals surface area contributed by atoms with Crippen LogP contribution in [0.25, 0.3) is 0 Å². The van der Waals surface area contributed by atoms with Gasteiger partial charge in [0.05, 0.1) is 11.1 Å². The Morgan fingerprint density at radius 1 is 1.14 bits per heavy atom. The molecular formula is C18H16ClN5O5. The summed E-state index contributed by atoms with van der Waals surface area (Å²) >= 11 is 5.66. The Morgan fingerprint density at radius 2 is 1.86 bits per heavy atom. The number of nitrogens with zero attached hydrogens (tertiary/aromatic N) is 4. The van der Waals surface area contributed by atoms with Crippen LogP contribution in [0.1, 0.15) is 20.7 Å². The van der Waals surface area contributed by atoms with Crippen molar-refractivity contribution in [2.45, 2.75) is 0 Å². The summed E-state index contributed by atoms with van der Waals surface area (Å²) in [6, 6.07) is 7.49. The van der Waals surface area contributed by atoms with Gasteiger partial charge in [-0.1, -0.05) is 11.6 Å². The highest BCUT2D eigenvalue weighted by Gasteiger charge is 2.32. The number of anilines is 2. The van der Waals surface area contributed by atoms with Gasteiger partial charge in [-0.2, -0.15) is 0 Å². The largest absolute Gasteiger partial charge is 0.454 e. The number of amides is 3. The molecule has 3 amide bonds. The zero-order valence-corrected chi connectivity index (χ0v) is 16.3. The van der Waals surface area contributed by atoms with Crippen LogP contribution in [0.3, 0.4) is 0 Å². The second-order valence-electron chi connectivity index (χ2n) is 6.21. The van der Waals surface area contributed by atoms with Crippen molar-refractivity contribution in [1.29, 1.82) is 0 Å². The summed E-state index contributed by atoms with van der Waals surface area (Å²) in [6.07, 6.45) is 0. The number of fused-ring (bicyclic) bond motifs is 1. The molecule has 0 saturated heterocycles. The molecule has 1 N–H and O–H groups in total. The molecule has 29 heavy (non-hydrogen) atoms. The standard InChI is InChI=1S/C18H16ClN5O5/c1-23(14-6-5-13(19)21-22-14)8-16(26)29-9-15(25)20-10-3-4-11-12(7-10)18(28)24(2)17(11)27/h3-7H,8-9H2,1-2H3,(H,20,25). The van der Waals surface area contributed by atoms with Crippen LogP contribution in [0.2, 0.25) is 5.15 Å². The summed E-state index contributed by atoms with van der Waals surface area (Å²) in [5, 5.41) is 10.3. The number of nitrogens with one attached hydrogen (secondary N) is 1. The number of aromatic nitrogens is 2. The molecule has 2 aromatic rings. The molecule has 0 radical (unpaired) electrons. The van der Waals surface area contributed by atoms with Crippen molar-refractivity contribution in [2.75, 3.05) is 37.5 Å². The van der Waals surface area contributed by atoms with Crippen LogP contribution < -0.4 is 10.2 Å². The summed E-state index contributed by atoms with van der Waals surface area (Å²) in [7, 11) is 2.99. The van der Waals surface area contributed by atoms with Crippen molar-refractivity contribution in [2.24, 2.45) is 0 Å². The second-order valence-corrected chi connectivity index (χ2v) is 6.60. The molecule has 0 fully saturated rings. The highest BCUT2D eigenvalue weighted by atomic mass is 35.5. The third-order valence-corrected chi connectivity index (χ3v) is 4.31. The number of ether oxygens (including phenoxy) is 1. The number of hydrogen-bond donors (Lipinski definition) is 1. The van der Waals surface area contributed by atoms with E-state index in [4.69, 9.17) is 16.3 Å². The third kappa shape index (κ3) is 4.49. The molecule has 0 spiro atoms. The van der Waals surface area contributed by atoms with E-state index in [1.807, 2.05) is 0 Å². The topological polar surface area (TPSA) is 122 Å². The first kappa shape index (κ1) is 20.2. The summed E-state index contributed by atoms with van der Waals surface area (Å²) in [5.41, 5.74) is 0.795. The van der Waals surface area contributed by atoms with Gasteiger partial charge in [0.15, 0.2) is 17.6 Å². The van der Waals surface area contributed by atoms with Gasteiger partial charge < -0.3 is 15.0 Å². The van der Waals surface area contributed by atoms with Crippen molar-refractivity contribution in [3.05, 3.63) is 46.6 Å². The molecule has 1 aliphatic heterocycles. The van der Waals surface area contributed by atoms with Gasteiger partial charge in [-0.3, -0.25) is 24.1 Å². The summed E-state index contributed by atoms with van der Waals surface area (Å²) in [6.45, 7) is -0.659. The van der Waals surface area contributed by atoms with Gasteiger partial charge in [-0.15, -0.1) is 10.2 Å². The predicted octanol–water partition coefficient (Wildman–Crippen LogP) is 0.974. The maximum atomic E-state index is 12.0. The van der Waals surface area contributed by atoms with Crippen LogP contribution in [-0.4, -0.2) is 66.0 Å². The van der Waals surface area contributed by atoms with E-state index >= 15 is 0 Å². The van der Waals surface area contributed by atoms with Crippen molar-refractivity contribution in [3.63, 3.8) is 0 Å². The number of hydrogen-bond acceptors (Lipinski definition) is 8. The molecule has 10 nitrogen and oxygen atoms in total. The molecule has 0 bridgehead atoms. The molecule has 0 unspecified atom stereocenters. The number of benzene rings is 1. The molecule has 1 aromatic carbocycles. The van der Waals surface area contributed by atoms with Crippen molar-refractivity contribution < 1.29 is 23.9 Å². The number of imide groups is 1. The highest BCUT2D eigenvalue weighted by Crippen LogP contribution is 2.24. The minimum Gasteiger partial charge on any atom is -0.454 e. The lowest BCUT2D eigenvalue weighted by Crippen LogP contribution is -2.30. The molecule has 0 atom stereocenters. The molecular weight excluding hydrogens is 402 g/mol. The van der Waals surface area contributed by atoms with E-state index in [1.54, 1.807) is 13.1 Å². The number of esters is 1. The fraction of sp³-hybridized carbons (Fsp3) is 0.222. The Kier molecular flexibility index (Phi) is 5.74. The van der Waals surface area contributed by atoms with Crippen molar-refractivity contribution in [1.82, 2.24) is 15.1 Å². The van der Waals surface area contributed by atoms with E-state index in [1.165, 1.54) is 36.2 Å². The van der Waals surface area contributed by atoms with Crippen LogP contribution in [0.4, 0.5) is 11.5 Å². The van der Waals surface area contributed by atoms with Crippen LogP contribution in [0.15, 0.2) is 30.3 Å². The first-order valence-corrected chi connectivity index (χ1v) is 8.76. The average Bonchev–Trinajstić information content (AvgIpc) is 2.91. The minimum absolute atomic E-state index is 0.147. The summed E-state index contributed by atoms with van der Waals surface area (Å²) < 4.78 is 4.94. The summed E-state index contributed by atoms with van der Waals surface area (Å²) in [4.78, 5) is 50.3. The Hall–Kier alpha value is -3.53. The Morgan fingerprint density at radius 3 is 2.55 bits per heavy atom. The van der Waals surface area contributed by atoms with Gasteiger partial charge in [-0.25, -0.2) is 0 Å². The maximum Gasteiger partial charge on any atom is 0.326 e. The molecule has 0 aliphatic carbocycles. The third-order valence-electron chi connectivity index (χ3n) is 4.11. The van der Waals surface area contributed by atoms with E-state index in [2.05, 4.69) is 15.5 Å². The normalized spacial score (nSPS) is 12.6. The molecule has 150 valence electrons. The Balaban J connectivity index is 1.51. The maximum absolute atomic E-state index is 12.0. The molecule has 1 aliphatic rings. The zero-order valence-electron chi connectivity index (χ0n) is 15.5. The van der Waals surface area contributed by atoms with E-state index in [9.17, 15) is 19.2 Å². The van der Waals surface area contributed by atoms with Crippen LogP contribution in [0.5, 0.6) is 0 Å². The van der Waals surface area contributed by atoms with Gasteiger partial charge in [0, 0.05) is 19.8 Å². The monoisotopic (exact) mass is 417 g/mol. The van der Waals surface area contributed by atoms with Gasteiger partial charge >= 0.3 is 5.97 Å². The molecule has 0 saturated carbocycles. The van der Waals surface area contributed by atoms with E-state index < -0.39 is 30.3 Å². The molecule has 1 aromatic heterocycles. The molecule has 2 heterocycles. The van der Waals surface area contributed by atoms with Gasteiger partial charge in [-0.05, 0) is 30.3 Å². The quantitative estimate of drug-likeness (QED) is 0.545. The summed E-state index contributed by atoms with van der Waals surface area (Å²) in [5.74, 6) is -1.65. The zero-order chi connectivity index (χ0) is 21.1. The first-order valence-electron chi connectivity index (χ1n) is 8.38. The van der Waals surface area contributed by atoms with Crippen LogP contribution in [0, 0.1) is 0 Å². The van der Waals surface area contributed by atoms with E-state index in [-0.39, 0.29) is 22.8 Å².